The summed E-state index contributed by atoms with van der Waals surface area (Å²) in [6.45, 7) is 3.97. The maximum Gasteiger partial charge on any atom is 0.257 e. The summed E-state index contributed by atoms with van der Waals surface area (Å²) in [6, 6.07) is 16.4. The first-order valence-electron chi connectivity index (χ1n) is 10.2. The molecule has 2 amide bonds. The van der Waals surface area contributed by atoms with Crippen molar-refractivity contribution in [3.63, 3.8) is 0 Å². The number of nitrogens with one attached hydrogen (secondary N) is 2. The van der Waals surface area contributed by atoms with Crippen molar-refractivity contribution in [2.45, 2.75) is 19.0 Å². The summed E-state index contributed by atoms with van der Waals surface area (Å²) in [4.78, 5) is 25.1. The number of rotatable bonds is 7. The molecule has 2 aromatic carbocycles. The molecule has 0 unspecified atom stereocenters. The minimum absolute atomic E-state index is 0.142. The highest BCUT2D eigenvalue weighted by atomic mass is 32.2. The molecular weight excluding hydrogens is 438 g/mol. The number of nitrogens with zero attached hydrogens (tertiary/aromatic N) is 3. The number of benzene rings is 2. The highest BCUT2D eigenvalue weighted by Gasteiger charge is 2.13. The van der Waals surface area contributed by atoms with Crippen LogP contribution in [0.1, 0.15) is 21.5 Å². The van der Waals surface area contributed by atoms with Gasteiger partial charge in [0, 0.05) is 17.6 Å². The highest BCUT2D eigenvalue weighted by molar-refractivity contribution is 7.99. The molecule has 0 saturated carbocycles. The van der Waals surface area contributed by atoms with Crippen LogP contribution in [0, 0.1) is 13.8 Å². The average Bonchev–Trinajstić information content (AvgIpc) is 3.22. The predicted molar refractivity (Wildman–Crippen MR) is 129 cm³/mol. The van der Waals surface area contributed by atoms with Crippen molar-refractivity contribution in [2.75, 3.05) is 23.5 Å². The zero-order valence-electron chi connectivity index (χ0n) is 18.5. The van der Waals surface area contributed by atoms with Crippen LogP contribution in [0.4, 0.5) is 11.4 Å². The Labute approximate surface area is 195 Å². The van der Waals surface area contributed by atoms with Crippen LogP contribution in [0.25, 0.3) is 5.65 Å². The number of fused-ring (bicyclic) bond motifs is 1. The van der Waals surface area contributed by atoms with E-state index in [2.05, 4.69) is 20.8 Å². The fourth-order valence-corrected chi connectivity index (χ4v) is 3.97. The number of methoxy groups -OCH3 is 1. The van der Waals surface area contributed by atoms with Gasteiger partial charge in [-0.1, -0.05) is 29.5 Å². The van der Waals surface area contributed by atoms with Gasteiger partial charge in [0.25, 0.3) is 5.91 Å². The van der Waals surface area contributed by atoms with E-state index in [0.29, 0.717) is 27.8 Å². The molecule has 0 aliphatic heterocycles. The van der Waals surface area contributed by atoms with Crippen molar-refractivity contribution < 1.29 is 14.3 Å². The Hall–Kier alpha value is -3.85. The van der Waals surface area contributed by atoms with Gasteiger partial charge in [-0.2, -0.15) is 0 Å². The van der Waals surface area contributed by atoms with Gasteiger partial charge < -0.3 is 15.4 Å². The summed E-state index contributed by atoms with van der Waals surface area (Å²) in [5, 5.41) is 14.6. The lowest BCUT2D eigenvalue weighted by molar-refractivity contribution is -0.113. The number of anilines is 2. The van der Waals surface area contributed by atoms with Crippen molar-refractivity contribution in [2.24, 2.45) is 0 Å². The molecule has 168 valence electrons. The maximum absolute atomic E-state index is 12.7. The molecule has 0 spiro atoms. The average molecular weight is 462 g/mol. The number of thioether (sulfide) groups is 1. The number of aryl methyl sites for hydroxylation is 2. The number of hydrogen-bond acceptors (Lipinski definition) is 6. The van der Waals surface area contributed by atoms with Gasteiger partial charge in [0.05, 0.1) is 18.4 Å². The third-order valence-electron chi connectivity index (χ3n) is 4.97. The number of carbonyl (C=O) groups excluding carboxylic acids is 2. The Morgan fingerprint density at radius 2 is 1.79 bits per heavy atom. The normalized spacial score (nSPS) is 10.8. The highest BCUT2D eigenvalue weighted by Crippen LogP contribution is 2.21. The third kappa shape index (κ3) is 5.32. The molecule has 0 radical (unpaired) electrons. The molecule has 0 aliphatic carbocycles. The maximum atomic E-state index is 12.7. The molecule has 8 nitrogen and oxygen atoms in total. The first-order valence-corrected chi connectivity index (χ1v) is 11.2. The summed E-state index contributed by atoms with van der Waals surface area (Å²) in [7, 11) is 1.59. The molecule has 0 saturated heterocycles. The van der Waals surface area contributed by atoms with Crippen LogP contribution in [0.15, 0.2) is 66.0 Å². The molecule has 0 atom stereocenters. The van der Waals surface area contributed by atoms with Crippen molar-refractivity contribution >= 4 is 40.6 Å². The predicted octanol–water partition coefficient (Wildman–Crippen LogP) is 4.34. The van der Waals surface area contributed by atoms with Crippen LogP contribution >= 0.6 is 11.8 Å². The van der Waals surface area contributed by atoms with Crippen LogP contribution in [0.5, 0.6) is 5.75 Å². The SMILES string of the molecule is COc1ccc(NC(=O)c2ccc3nnc(SCC(=O)Nc4ccc(C)cc4C)n3c2)cc1. The number of amides is 2. The zero-order chi connectivity index (χ0) is 23.4. The van der Waals surface area contributed by atoms with Crippen LogP contribution in [0.3, 0.4) is 0 Å². The molecule has 4 rings (SSSR count). The summed E-state index contributed by atoms with van der Waals surface area (Å²) < 4.78 is 6.84. The smallest absolute Gasteiger partial charge is 0.257 e. The number of ether oxygens (including phenoxy) is 1. The largest absolute Gasteiger partial charge is 0.497 e. The molecule has 4 aromatic rings. The summed E-state index contributed by atoms with van der Waals surface area (Å²) in [5.41, 5.74) is 4.63. The van der Waals surface area contributed by atoms with E-state index in [1.165, 1.54) is 11.8 Å². The summed E-state index contributed by atoms with van der Waals surface area (Å²) >= 11 is 1.25. The van der Waals surface area contributed by atoms with Gasteiger partial charge in [0.1, 0.15) is 5.75 Å². The number of hydrogen-bond donors (Lipinski definition) is 2. The lowest BCUT2D eigenvalue weighted by Crippen LogP contribution is -2.15. The molecular formula is C24H23N5O3S. The lowest BCUT2D eigenvalue weighted by atomic mass is 10.1. The van der Waals surface area contributed by atoms with E-state index in [1.54, 1.807) is 54.1 Å². The lowest BCUT2D eigenvalue weighted by Gasteiger charge is -2.09. The van der Waals surface area contributed by atoms with Crippen molar-refractivity contribution in [1.29, 1.82) is 0 Å². The topological polar surface area (TPSA) is 97.6 Å². The monoisotopic (exact) mass is 461 g/mol. The van der Waals surface area contributed by atoms with Gasteiger partial charge >= 0.3 is 0 Å². The molecule has 2 N–H and O–H groups in total. The van der Waals surface area contributed by atoms with Gasteiger partial charge in [0.15, 0.2) is 10.8 Å². The Morgan fingerprint density at radius 3 is 2.52 bits per heavy atom. The fourth-order valence-electron chi connectivity index (χ4n) is 3.25. The quantitative estimate of drug-likeness (QED) is 0.398. The second-order valence-corrected chi connectivity index (χ2v) is 8.41. The van der Waals surface area contributed by atoms with E-state index in [9.17, 15) is 9.59 Å². The van der Waals surface area contributed by atoms with Gasteiger partial charge in [-0.25, -0.2) is 0 Å². The number of aromatic nitrogens is 3. The van der Waals surface area contributed by atoms with E-state index in [4.69, 9.17) is 4.74 Å². The Morgan fingerprint density at radius 1 is 1.00 bits per heavy atom. The van der Waals surface area contributed by atoms with Crippen LogP contribution in [-0.2, 0) is 4.79 Å². The van der Waals surface area contributed by atoms with Gasteiger partial charge in [-0.15, -0.1) is 10.2 Å². The van der Waals surface area contributed by atoms with E-state index >= 15 is 0 Å². The first kappa shape index (κ1) is 22.3. The fraction of sp³-hybridized carbons (Fsp3) is 0.167. The summed E-state index contributed by atoms with van der Waals surface area (Å²) in [5.74, 6) is 0.467. The second-order valence-electron chi connectivity index (χ2n) is 7.47. The molecule has 0 fully saturated rings. The van der Waals surface area contributed by atoms with Crippen LogP contribution in [0.2, 0.25) is 0 Å². The first-order chi connectivity index (χ1) is 15.9. The Balaban J connectivity index is 1.43. The zero-order valence-corrected chi connectivity index (χ0v) is 19.3. The van der Waals surface area contributed by atoms with Gasteiger partial charge in [-0.3, -0.25) is 14.0 Å². The Bertz CT molecular complexity index is 1320. The number of carbonyl (C=O) groups is 2. The van der Waals surface area contributed by atoms with E-state index in [-0.39, 0.29) is 17.6 Å². The van der Waals surface area contributed by atoms with Gasteiger partial charge in [-0.05, 0) is 61.9 Å². The van der Waals surface area contributed by atoms with Crippen molar-refractivity contribution in [3.05, 3.63) is 77.5 Å². The van der Waals surface area contributed by atoms with Crippen molar-refractivity contribution in [3.8, 4) is 5.75 Å². The van der Waals surface area contributed by atoms with Gasteiger partial charge in [0.2, 0.25) is 5.91 Å². The molecule has 9 heteroatoms. The standard InChI is InChI=1S/C24H23N5O3S/c1-15-4-10-20(16(2)12-15)26-22(30)14-33-24-28-27-21-11-5-17(13-29(21)24)23(31)25-18-6-8-19(32-3)9-7-18/h4-13H,14H2,1-3H3,(H,25,31)(H,26,30). The molecule has 2 heterocycles. The van der Waals surface area contributed by atoms with Crippen LogP contribution in [-0.4, -0.2) is 39.3 Å². The molecule has 33 heavy (non-hydrogen) atoms. The minimum atomic E-state index is -0.265. The van der Waals surface area contributed by atoms with Crippen molar-refractivity contribution in [1.82, 2.24) is 14.6 Å². The summed E-state index contributed by atoms with van der Waals surface area (Å²) in [6.07, 6.45) is 1.67. The van der Waals surface area contributed by atoms with Crippen LogP contribution < -0.4 is 15.4 Å². The third-order valence-corrected chi connectivity index (χ3v) is 5.91. The molecule has 2 aromatic heterocycles. The Kier molecular flexibility index (Phi) is 6.60. The second kappa shape index (κ2) is 9.74. The van der Waals surface area contributed by atoms with E-state index in [1.807, 2.05) is 32.0 Å². The molecule has 0 aliphatic rings. The van der Waals surface area contributed by atoms with E-state index < -0.39 is 0 Å². The minimum Gasteiger partial charge on any atom is -0.497 e. The number of pyridine rings is 1. The molecule has 0 bridgehead atoms. The van der Waals surface area contributed by atoms with E-state index in [0.717, 1.165) is 16.8 Å².